The summed E-state index contributed by atoms with van der Waals surface area (Å²) in [6.45, 7) is 4.20. The van der Waals surface area contributed by atoms with Crippen molar-refractivity contribution in [1.29, 1.82) is 0 Å². The van der Waals surface area contributed by atoms with Gasteiger partial charge in [-0.05, 0) is 38.9 Å². The van der Waals surface area contributed by atoms with Gasteiger partial charge in [-0.1, -0.05) is 19.9 Å². The third kappa shape index (κ3) is 5.13. The van der Waals surface area contributed by atoms with Gasteiger partial charge in [-0.25, -0.2) is 0 Å². The molecule has 17 heavy (non-hydrogen) atoms. The van der Waals surface area contributed by atoms with E-state index in [1.165, 1.54) is 0 Å². The van der Waals surface area contributed by atoms with Crippen LogP contribution in [0.1, 0.15) is 19.4 Å². The Hall–Kier alpha value is -0.480. The van der Waals surface area contributed by atoms with E-state index in [2.05, 4.69) is 29.8 Å². The monoisotopic (exact) mass is 316 g/mol. The smallest absolute Gasteiger partial charge is 0.147 e. The van der Waals surface area contributed by atoms with Crippen molar-refractivity contribution in [3.05, 3.63) is 28.2 Å². The van der Waals surface area contributed by atoms with Crippen molar-refractivity contribution in [2.24, 2.45) is 0 Å². The Morgan fingerprint density at radius 1 is 1.47 bits per heavy atom. The first-order chi connectivity index (χ1) is 8.02. The summed E-state index contributed by atoms with van der Waals surface area (Å²) in [7, 11) is 1.63. The number of rotatable bonds is 6. The molecule has 0 saturated heterocycles. The van der Waals surface area contributed by atoms with Gasteiger partial charge in [0.25, 0.3) is 0 Å². The van der Waals surface area contributed by atoms with Crippen LogP contribution in [0.4, 0.5) is 0 Å². The van der Waals surface area contributed by atoms with Crippen molar-refractivity contribution in [3.8, 4) is 5.75 Å². The van der Waals surface area contributed by atoms with E-state index in [-0.39, 0.29) is 5.78 Å². The Balaban J connectivity index is 2.57. The zero-order valence-corrected chi connectivity index (χ0v) is 12.7. The maximum Gasteiger partial charge on any atom is 0.147 e. The summed E-state index contributed by atoms with van der Waals surface area (Å²) >= 11 is 5.10. The van der Waals surface area contributed by atoms with E-state index in [9.17, 15) is 4.79 Å². The lowest BCUT2D eigenvalue weighted by Crippen LogP contribution is -2.07. The van der Waals surface area contributed by atoms with Crippen molar-refractivity contribution in [2.45, 2.75) is 25.5 Å². The Morgan fingerprint density at radius 3 is 2.71 bits per heavy atom. The zero-order chi connectivity index (χ0) is 12.8. The van der Waals surface area contributed by atoms with E-state index in [1.54, 1.807) is 18.9 Å². The van der Waals surface area contributed by atoms with E-state index in [0.29, 0.717) is 17.4 Å². The SMILES string of the molecule is COc1ccc(CC(=O)CSC(C)C)cc1Br. The maximum atomic E-state index is 11.7. The molecule has 0 saturated carbocycles. The fraction of sp³-hybridized carbons (Fsp3) is 0.462. The molecule has 0 fully saturated rings. The normalized spacial score (nSPS) is 10.6. The highest BCUT2D eigenvalue weighted by atomic mass is 79.9. The summed E-state index contributed by atoms with van der Waals surface area (Å²) in [6.07, 6.45) is 0.488. The molecule has 4 heteroatoms. The van der Waals surface area contributed by atoms with Crippen LogP contribution >= 0.6 is 27.7 Å². The Bertz CT molecular complexity index is 391. The van der Waals surface area contributed by atoms with Crippen LogP contribution in [0.15, 0.2) is 22.7 Å². The Kier molecular flexibility index (Phi) is 6.06. The highest BCUT2D eigenvalue weighted by Crippen LogP contribution is 2.25. The van der Waals surface area contributed by atoms with E-state index in [4.69, 9.17) is 4.74 Å². The molecule has 1 rings (SSSR count). The number of ether oxygens (including phenoxy) is 1. The van der Waals surface area contributed by atoms with Crippen LogP contribution in [0, 0.1) is 0 Å². The molecule has 1 aromatic carbocycles. The highest BCUT2D eigenvalue weighted by molar-refractivity contribution is 9.10. The minimum Gasteiger partial charge on any atom is -0.496 e. The number of hydrogen-bond donors (Lipinski definition) is 0. The number of thioether (sulfide) groups is 1. The molecular weight excluding hydrogens is 300 g/mol. The van der Waals surface area contributed by atoms with Gasteiger partial charge in [0, 0.05) is 6.42 Å². The minimum atomic E-state index is 0.265. The third-order valence-electron chi connectivity index (χ3n) is 2.20. The molecule has 94 valence electrons. The molecule has 0 heterocycles. The van der Waals surface area contributed by atoms with E-state index in [0.717, 1.165) is 15.8 Å². The van der Waals surface area contributed by atoms with Crippen LogP contribution in [0.2, 0.25) is 0 Å². The van der Waals surface area contributed by atoms with Gasteiger partial charge in [0.15, 0.2) is 0 Å². The molecular formula is C13H17BrO2S. The topological polar surface area (TPSA) is 26.3 Å². The number of halogens is 1. The van der Waals surface area contributed by atoms with Gasteiger partial charge in [-0.2, -0.15) is 11.8 Å². The Morgan fingerprint density at radius 2 is 2.18 bits per heavy atom. The van der Waals surface area contributed by atoms with E-state index in [1.807, 2.05) is 18.2 Å². The van der Waals surface area contributed by atoms with Crippen molar-refractivity contribution in [2.75, 3.05) is 12.9 Å². The highest BCUT2D eigenvalue weighted by Gasteiger charge is 2.07. The zero-order valence-electron chi connectivity index (χ0n) is 10.3. The number of methoxy groups -OCH3 is 1. The van der Waals surface area contributed by atoms with Crippen LogP contribution < -0.4 is 4.74 Å². The largest absolute Gasteiger partial charge is 0.496 e. The average molecular weight is 317 g/mol. The summed E-state index contributed by atoms with van der Waals surface area (Å²) in [4.78, 5) is 11.7. The summed E-state index contributed by atoms with van der Waals surface area (Å²) in [5.41, 5.74) is 1.02. The molecule has 0 unspecified atom stereocenters. The predicted molar refractivity (Wildman–Crippen MR) is 77.0 cm³/mol. The second-order valence-electron chi connectivity index (χ2n) is 4.04. The van der Waals surface area contributed by atoms with E-state index < -0.39 is 0 Å². The molecule has 0 aliphatic carbocycles. The molecule has 1 aromatic rings. The second-order valence-corrected chi connectivity index (χ2v) is 6.46. The van der Waals surface area contributed by atoms with Crippen molar-refractivity contribution < 1.29 is 9.53 Å². The molecule has 0 aromatic heterocycles. The van der Waals surface area contributed by atoms with Gasteiger partial charge in [0.2, 0.25) is 0 Å². The number of Topliss-reactive ketones (excluding diaryl/α,β-unsaturated/α-hetero) is 1. The van der Waals surface area contributed by atoms with Crippen molar-refractivity contribution >= 4 is 33.5 Å². The molecule has 0 spiro atoms. The lowest BCUT2D eigenvalue weighted by atomic mass is 10.1. The molecule has 0 radical (unpaired) electrons. The van der Waals surface area contributed by atoms with Crippen LogP contribution in [0.5, 0.6) is 5.75 Å². The fourth-order valence-electron chi connectivity index (χ4n) is 1.36. The lowest BCUT2D eigenvalue weighted by molar-refractivity contribution is -0.116. The standard InChI is InChI=1S/C13H17BrO2S/c1-9(2)17-8-11(15)6-10-4-5-13(16-3)12(14)7-10/h4-5,7,9H,6,8H2,1-3H3. The third-order valence-corrected chi connectivity index (χ3v) is 3.97. The summed E-state index contributed by atoms with van der Waals surface area (Å²) in [5, 5.41) is 0.501. The number of carbonyl (C=O) groups excluding carboxylic acids is 1. The molecule has 2 nitrogen and oxygen atoms in total. The van der Waals surface area contributed by atoms with Crippen LogP contribution in [0.3, 0.4) is 0 Å². The molecule has 0 N–H and O–H groups in total. The quantitative estimate of drug-likeness (QED) is 0.800. The first kappa shape index (κ1) is 14.6. The van der Waals surface area contributed by atoms with Gasteiger partial charge in [-0.3, -0.25) is 4.79 Å². The summed E-state index contributed by atoms with van der Waals surface area (Å²) in [5.74, 6) is 1.64. The number of hydrogen-bond acceptors (Lipinski definition) is 3. The van der Waals surface area contributed by atoms with Gasteiger partial charge in [0.1, 0.15) is 11.5 Å². The number of carbonyl (C=O) groups is 1. The molecule has 0 amide bonds. The minimum absolute atomic E-state index is 0.265. The predicted octanol–water partition coefficient (Wildman–Crippen LogP) is 3.71. The first-order valence-corrected chi connectivity index (χ1v) is 7.33. The van der Waals surface area contributed by atoms with Gasteiger partial charge < -0.3 is 4.74 Å². The van der Waals surface area contributed by atoms with Crippen molar-refractivity contribution in [3.63, 3.8) is 0 Å². The molecule has 0 aliphatic heterocycles. The maximum absolute atomic E-state index is 11.7. The molecule has 0 atom stereocenters. The second kappa shape index (κ2) is 7.07. The van der Waals surface area contributed by atoms with Gasteiger partial charge in [-0.15, -0.1) is 0 Å². The molecule has 0 aliphatic rings. The van der Waals surface area contributed by atoms with Crippen LogP contribution in [0.25, 0.3) is 0 Å². The van der Waals surface area contributed by atoms with Gasteiger partial charge in [0.05, 0.1) is 17.3 Å². The lowest BCUT2D eigenvalue weighted by Gasteiger charge is -2.07. The van der Waals surface area contributed by atoms with Crippen LogP contribution in [-0.4, -0.2) is 23.9 Å². The molecule has 0 bridgehead atoms. The number of ketones is 1. The van der Waals surface area contributed by atoms with Crippen molar-refractivity contribution in [1.82, 2.24) is 0 Å². The van der Waals surface area contributed by atoms with Crippen LogP contribution in [-0.2, 0) is 11.2 Å². The first-order valence-electron chi connectivity index (χ1n) is 5.48. The average Bonchev–Trinajstić information content (AvgIpc) is 2.26. The number of benzene rings is 1. The summed E-state index contributed by atoms with van der Waals surface area (Å²) < 4.78 is 6.04. The fourth-order valence-corrected chi connectivity index (χ4v) is 2.57. The Labute approximate surface area is 115 Å². The van der Waals surface area contributed by atoms with Gasteiger partial charge >= 0.3 is 0 Å². The summed E-state index contributed by atoms with van der Waals surface area (Å²) in [6, 6.07) is 5.75. The van der Waals surface area contributed by atoms with E-state index >= 15 is 0 Å².